The third-order valence-corrected chi connectivity index (χ3v) is 6.44. The molecule has 0 spiro atoms. The van der Waals surface area contributed by atoms with Crippen molar-refractivity contribution in [2.75, 3.05) is 13.1 Å². The first-order valence-corrected chi connectivity index (χ1v) is 11.0. The first-order chi connectivity index (χ1) is 14.5. The molecule has 1 saturated heterocycles. The zero-order valence-electron chi connectivity index (χ0n) is 17.8. The van der Waals surface area contributed by atoms with Crippen LogP contribution in [0.3, 0.4) is 0 Å². The maximum atomic E-state index is 12.8. The summed E-state index contributed by atoms with van der Waals surface area (Å²) in [6.45, 7) is 5.13. The number of carbonyl (C=O) groups is 2. The number of rotatable bonds is 5. The van der Waals surface area contributed by atoms with Crippen molar-refractivity contribution in [1.82, 2.24) is 20.4 Å². The van der Waals surface area contributed by atoms with E-state index in [1.54, 1.807) is 6.20 Å². The molecule has 2 aromatic rings. The van der Waals surface area contributed by atoms with E-state index in [0.29, 0.717) is 30.3 Å². The van der Waals surface area contributed by atoms with Crippen molar-refractivity contribution >= 4 is 11.8 Å². The van der Waals surface area contributed by atoms with E-state index in [-0.39, 0.29) is 17.7 Å². The van der Waals surface area contributed by atoms with E-state index in [9.17, 15) is 9.59 Å². The Kier molecular flexibility index (Phi) is 6.16. The minimum absolute atomic E-state index is 0.0409. The number of hydrogen-bond acceptors (Lipinski definition) is 5. The molecule has 2 fully saturated rings. The summed E-state index contributed by atoms with van der Waals surface area (Å²) in [4.78, 5) is 31.7. The predicted molar refractivity (Wildman–Crippen MR) is 112 cm³/mol. The third-order valence-electron chi connectivity index (χ3n) is 6.44. The average Bonchev–Trinajstić information content (AvgIpc) is 3.39. The van der Waals surface area contributed by atoms with Crippen LogP contribution >= 0.6 is 0 Å². The zero-order chi connectivity index (χ0) is 21.1. The van der Waals surface area contributed by atoms with Crippen LogP contribution in [0.1, 0.15) is 77.5 Å². The smallest absolute Gasteiger partial charge is 0.253 e. The van der Waals surface area contributed by atoms with Gasteiger partial charge in [0.25, 0.3) is 5.91 Å². The van der Waals surface area contributed by atoms with Gasteiger partial charge in [0.15, 0.2) is 0 Å². The van der Waals surface area contributed by atoms with Crippen LogP contribution in [-0.4, -0.2) is 46.0 Å². The van der Waals surface area contributed by atoms with Gasteiger partial charge in [-0.1, -0.05) is 18.0 Å². The Morgan fingerprint density at radius 3 is 2.63 bits per heavy atom. The number of aromatic nitrogens is 2. The van der Waals surface area contributed by atoms with Crippen molar-refractivity contribution in [3.05, 3.63) is 46.6 Å². The number of aryl methyl sites for hydroxylation is 2. The van der Waals surface area contributed by atoms with Crippen LogP contribution in [0.2, 0.25) is 0 Å². The van der Waals surface area contributed by atoms with Gasteiger partial charge in [0, 0.05) is 42.5 Å². The van der Waals surface area contributed by atoms with Gasteiger partial charge in [-0.3, -0.25) is 14.6 Å². The maximum Gasteiger partial charge on any atom is 0.253 e. The highest BCUT2D eigenvalue weighted by Crippen LogP contribution is 2.27. The number of amides is 2. The highest BCUT2D eigenvalue weighted by Gasteiger charge is 2.27. The Hall–Kier alpha value is -2.70. The third kappa shape index (κ3) is 4.55. The Labute approximate surface area is 177 Å². The minimum Gasteiger partial charge on any atom is -0.361 e. The fourth-order valence-corrected chi connectivity index (χ4v) is 4.58. The summed E-state index contributed by atoms with van der Waals surface area (Å²) < 4.78 is 5.18. The molecule has 1 aliphatic heterocycles. The molecule has 3 heterocycles. The number of nitrogens with zero attached hydrogens (tertiary/aromatic N) is 3. The molecule has 30 heavy (non-hydrogen) atoms. The van der Waals surface area contributed by atoms with Crippen molar-refractivity contribution in [1.29, 1.82) is 0 Å². The number of nitrogens with one attached hydrogen (secondary N) is 1. The standard InChI is InChI=1S/C23H30N4O3/c1-15-20(16(2)30-26-15)12-22(28)27-11-5-6-18(14-27)21-10-9-17(13-24-21)23(29)25-19-7-3-4-8-19/h9-10,13,18-19H,3-8,11-12,14H2,1-2H3,(H,25,29). The Balaban J connectivity index is 1.36. The molecule has 0 bridgehead atoms. The van der Waals surface area contributed by atoms with Crippen LogP contribution in [-0.2, 0) is 11.2 Å². The van der Waals surface area contributed by atoms with Crippen LogP contribution in [0.4, 0.5) is 0 Å². The molecule has 2 aromatic heterocycles. The molecule has 1 unspecified atom stereocenters. The van der Waals surface area contributed by atoms with Gasteiger partial charge in [0.1, 0.15) is 5.76 Å². The van der Waals surface area contributed by atoms with Crippen LogP contribution in [0.5, 0.6) is 0 Å². The van der Waals surface area contributed by atoms with E-state index in [2.05, 4.69) is 15.5 Å². The van der Waals surface area contributed by atoms with Gasteiger partial charge < -0.3 is 14.7 Å². The summed E-state index contributed by atoms with van der Waals surface area (Å²) in [7, 11) is 0. The summed E-state index contributed by atoms with van der Waals surface area (Å²) in [5.74, 6) is 0.962. The van der Waals surface area contributed by atoms with Gasteiger partial charge in [-0.05, 0) is 51.7 Å². The molecule has 0 aromatic carbocycles. The van der Waals surface area contributed by atoms with E-state index in [0.717, 1.165) is 49.2 Å². The average molecular weight is 411 g/mol. The van der Waals surface area contributed by atoms with Gasteiger partial charge >= 0.3 is 0 Å². The molecule has 1 atom stereocenters. The molecule has 160 valence electrons. The van der Waals surface area contributed by atoms with Crippen molar-refractivity contribution in [2.24, 2.45) is 0 Å². The van der Waals surface area contributed by atoms with Crippen LogP contribution in [0.25, 0.3) is 0 Å². The molecule has 2 amide bonds. The Morgan fingerprint density at radius 2 is 1.97 bits per heavy atom. The fraction of sp³-hybridized carbons (Fsp3) is 0.565. The van der Waals surface area contributed by atoms with E-state index < -0.39 is 0 Å². The fourth-order valence-electron chi connectivity index (χ4n) is 4.58. The summed E-state index contributed by atoms with van der Waals surface area (Å²) >= 11 is 0. The molecule has 4 rings (SSSR count). The van der Waals surface area contributed by atoms with Gasteiger partial charge in [-0.2, -0.15) is 0 Å². The quantitative estimate of drug-likeness (QED) is 0.817. The monoisotopic (exact) mass is 410 g/mol. The van der Waals surface area contributed by atoms with Crippen LogP contribution < -0.4 is 5.32 Å². The SMILES string of the molecule is Cc1noc(C)c1CC(=O)N1CCCC(c2ccc(C(=O)NC3CCCC3)cn2)C1. The van der Waals surface area contributed by atoms with Crippen molar-refractivity contribution in [3.8, 4) is 0 Å². The molecule has 2 aliphatic rings. The Morgan fingerprint density at radius 1 is 1.17 bits per heavy atom. The Bertz CT molecular complexity index is 880. The predicted octanol–water partition coefficient (Wildman–Crippen LogP) is 3.31. The van der Waals surface area contributed by atoms with E-state index in [4.69, 9.17) is 4.52 Å². The molecule has 1 saturated carbocycles. The van der Waals surface area contributed by atoms with Crippen LogP contribution in [0.15, 0.2) is 22.9 Å². The van der Waals surface area contributed by atoms with Crippen molar-refractivity contribution in [3.63, 3.8) is 0 Å². The second kappa shape index (κ2) is 8.98. The lowest BCUT2D eigenvalue weighted by Gasteiger charge is -2.32. The molecule has 0 radical (unpaired) electrons. The lowest BCUT2D eigenvalue weighted by Crippen LogP contribution is -2.40. The first kappa shape index (κ1) is 20.6. The number of piperidine rings is 1. The maximum absolute atomic E-state index is 12.8. The second-order valence-corrected chi connectivity index (χ2v) is 8.58. The highest BCUT2D eigenvalue weighted by atomic mass is 16.5. The van der Waals surface area contributed by atoms with E-state index in [1.165, 1.54) is 12.8 Å². The lowest BCUT2D eigenvalue weighted by atomic mass is 9.93. The minimum atomic E-state index is -0.0409. The van der Waals surface area contributed by atoms with Gasteiger partial charge in [-0.25, -0.2) is 0 Å². The van der Waals surface area contributed by atoms with Crippen molar-refractivity contribution in [2.45, 2.75) is 70.8 Å². The van der Waals surface area contributed by atoms with E-state index >= 15 is 0 Å². The van der Waals surface area contributed by atoms with E-state index in [1.807, 2.05) is 30.9 Å². The number of pyridine rings is 1. The summed E-state index contributed by atoms with van der Waals surface area (Å²) in [5, 5.41) is 7.04. The normalized spacial score (nSPS) is 19.8. The van der Waals surface area contributed by atoms with Gasteiger partial charge in [-0.15, -0.1) is 0 Å². The van der Waals surface area contributed by atoms with Crippen molar-refractivity contribution < 1.29 is 14.1 Å². The highest BCUT2D eigenvalue weighted by molar-refractivity contribution is 5.94. The second-order valence-electron chi connectivity index (χ2n) is 8.58. The largest absolute Gasteiger partial charge is 0.361 e. The van der Waals surface area contributed by atoms with Gasteiger partial charge in [0.2, 0.25) is 5.91 Å². The molecule has 7 nitrogen and oxygen atoms in total. The summed E-state index contributed by atoms with van der Waals surface area (Å²) in [5.41, 5.74) is 3.22. The number of hydrogen-bond donors (Lipinski definition) is 1. The first-order valence-electron chi connectivity index (χ1n) is 11.0. The lowest BCUT2D eigenvalue weighted by molar-refractivity contribution is -0.131. The zero-order valence-corrected chi connectivity index (χ0v) is 17.8. The summed E-state index contributed by atoms with van der Waals surface area (Å²) in [6, 6.07) is 4.10. The number of likely N-dealkylation sites (tertiary alicyclic amines) is 1. The molecule has 1 N–H and O–H groups in total. The molecule has 7 heteroatoms. The van der Waals surface area contributed by atoms with Gasteiger partial charge in [0.05, 0.1) is 17.7 Å². The number of carbonyl (C=O) groups excluding carboxylic acids is 2. The molecular weight excluding hydrogens is 380 g/mol. The topological polar surface area (TPSA) is 88.3 Å². The van der Waals surface area contributed by atoms with Crippen LogP contribution in [0, 0.1) is 13.8 Å². The molecule has 1 aliphatic carbocycles. The summed E-state index contributed by atoms with van der Waals surface area (Å²) in [6.07, 6.45) is 8.45. The molecular formula is C23H30N4O3.